The summed E-state index contributed by atoms with van der Waals surface area (Å²) in [7, 11) is -0.758. The van der Waals surface area contributed by atoms with Crippen molar-refractivity contribution in [2.45, 2.75) is 51.1 Å². The van der Waals surface area contributed by atoms with Gasteiger partial charge in [-0.05, 0) is 38.5 Å². The van der Waals surface area contributed by atoms with Crippen LogP contribution in [-0.2, 0) is 10.8 Å². The lowest BCUT2D eigenvalue weighted by molar-refractivity contribution is 0.250. The number of rotatable bonds is 3. The van der Waals surface area contributed by atoms with Crippen LogP contribution in [-0.4, -0.2) is 38.7 Å². The Bertz CT molecular complexity index is 349. The summed E-state index contributed by atoms with van der Waals surface area (Å²) in [5.41, 5.74) is 0.307. The monoisotopic (exact) mass is 288 g/mol. The molecule has 1 saturated carbocycles. The van der Waals surface area contributed by atoms with E-state index in [9.17, 15) is 4.21 Å². The lowest BCUT2D eigenvalue weighted by atomic mass is 9.78. The van der Waals surface area contributed by atoms with Gasteiger partial charge in [0.15, 0.2) is 5.17 Å². The van der Waals surface area contributed by atoms with Gasteiger partial charge in [0, 0.05) is 34.1 Å². The molecule has 0 amide bonds. The Morgan fingerprint density at radius 3 is 2.83 bits per heavy atom. The maximum absolute atomic E-state index is 11.2. The minimum atomic E-state index is -0.758. The van der Waals surface area contributed by atoms with E-state index in [-0.39, 0.29) is 6.04 Å². The smallest absolute Gasteiger partial charge is 0.157 e. The number of hydrogen-bond acceptors (Lipinski definition) is 3. The van der Waals surface area contributed by atoms with Gasteiger partial charge in [-0.1, -0.05) is 18.7 Å². The Hall–Kier alpha value is -0.0300. The molecule has 1 N–H and O–H groups in total. The van der Waals surface area contributed by atoms with Gasteiger partial charge in [0.2, 0.25) is 0 Å². The van der Waals surface area contributed by atoms with Crippen LogP contribution in [0.2, 0.25) is 0 Å². The number of nitrogens with zero attached hydrogens (tertiary/aromatic N) is 1. The largest absolute Gasteiger partial charge is 0.359 e. The Kier molecular flexibility index (Phi) is 4.75. The van der Waals surface area contributed by atoms with Crippen LogP contribution in [0.4, 0.5) is 0 Å². The molecule has 1 heterocycles. The SMILES string of the molecule is CC1CCC2(CC1)CSC(=NC(C)CS(C)=O)N2. The summed E-state index contributed by atoms with van der Waals surface area (Å²) in [6.45, 7) is 4.40. The second-order valence-electron chi connectivity index (χ2n) is 5.90. The van der Waals surface area contributed by atoms with Crippen molar-refractivity contribution in [1.82, 2.24) is 5.32 Å². The molecule has 2 unspecified atom stereocenters. The Balaban J connectivity index is 1.91. The Morgan fingerprint density at radius 2 is 2.22 bits per heavy atom. The Morgan fingerprint density at radius 1 is 1.56 bits per heavy atom. The molecule has 0 radical (unpaired) electrons. The van der Waals surface area contributed by atoms with Gasteiger partial charge >= 0.3 is 0 Å². The van der Waals surface area contributed by atoms with Crippen molar-refractivity contribution in [3.63, 3.8) is 0 Å². The van der Waals surface area contributed by atoms with Gasteiger partial charge in [-0.15, -0.1) is 0 Å². The summed E-state index contributed by atoms with van der Waals surface area (Å²) in [4.78, 5) is 4.66. The fourth-order valence-corrected chi connectivity index (χ4v) is 4.81. The molecule has 2 rings (SSSR count). The van der Waals surface area contributed by atoms with Gasteiger partial charge in [-0.25, -0.2) is 0 Å². The van der Waals surface area contributed by atoms with Crippen LogP contribution in [0, 0.1) is 5.92 Å². The van der Waals surface area contributed by atoms with Crippen LogP contribution in [0.3, 0.4) is 0 Å². The molecule has 0 bridgehead atoms. The van der Waals surface area contributed by atoms with Crippen LogP contribution >= 0.6 is 11.8 Å². The van der Waals surface area contributed by atoms with E-state index in [4.69, 9.17) is 0 Å². The van der Waals surface area contributed by atoms with Crippen molar-refractivity contribution >= 4 is 27.7 Å². The molecule has 2 aliphatic rings. The first-order valence-corrected chi connectivity index (χ1v) is 9.49. The number of aliphatic imine (C=N–C) groups is 1. The molecular formula is C13H24N2OS2. The number of amidine groups is 1. The summed E-state index contributed by atoms with van der Waals surface area (Å²) in [6, 6.07) is 0.156. The second kappa shape index (κ2) is 5.95. The third kappa shape index (κ3) is 3.73. The average Bonchev–Trinajstić information content (AvgIpc) is 2.65. The highest BCUT2D eigenvalue weighted by atomic mass is 32.2. The molecule has 0 aromatic heterocycles. The molecule has 18 heavy (non-hydrogen) atoms. The fourth-order valence-electron chi connectivity index (χ4n) is 2.74. The highest BCUT2D eigenvalue weighted by Crippen LogP contribution is 2.38. The molecule has 2 fully saturated rings. The third-order valence-corrected chi connectivity index (χ3v) is 6.03. The van der Waals surface area contributed by atoms with E-state index in [1.54, 1.807) is 6.26 Å². The molecule has 2 atom stereocenters. The predicted molar refractivity (Wildman–Crippen MR) is 81.8 cm³/mol. The van der Waals surface area contributed by atoms with Gasteiger partial charge in [-0.2, -0.15) is 0 Å². The van der Waals surface area contributed by atoms with Gasteiger partial charge in [0.1, 0.15) is 0 Å². The summed E-state index contributed by atoms with van der Waals surface area (Å²) >= 11 is 1.84. The first kappa shape index (κ1) is 14.4. The fraction of sp³-hybridized carbons (Fsp3) is 0.923. The van der Waals surface area contributed by atoms with E-state index in [0.717, 1.165) is 16.8 Å². The zero-order valence-electron chi connectivity index (χ0n) is 11.6. The summed E-state index contributed by atoms with van der Waals surface area (Å²) < 4.78 is 11.2. The van der Waals surface area contributed by atoms with E-state index in [1.807, 2.05) is 18.7 Å². The molecular weight excluding hydrogens is 264 g/mol. The minimum Gasteiger partial charge on any atom is -0.359 e. The summed E-state index contributed by atoms with van der Waals surface area (Å²) in [5, 5.41) is 4.72. The highest BCUT2D eigenvalue weighted by Gasteiger charge is 2.39. The van der Waals surface area contributed by atoms with Gasteiger partial charge < -0.3 is 5.32 Å². The molecule has 5 heteroatoms. The number of thioether (sulfide) groups is 1. The van der Waals surface area contributed by atoms with Crippen molar-refractivity contribution in [2.75, 3.05) is 17.8 Å². The van der Waals surface area contributed by atoms with Crippen molar-refractivity contribution in [3.05, 3.63) is 0 Å². The van der Waals surface area contributed by atoms with Gasteiger partial charge in [0.25, 0.3) is 0 Å². The van der Waals surface area contributed by atoms with Crippen molar-refractivity contribution in [1.29, 1.82) is 0 Å². The molecule has 0 aromatic rings. The van der Waals surface area contributed by atoms with Crippen LogP contribution in [0.1, 0.15) is 39.5 Å². The Labute approximate surface area is 117 Å². The lowest BCUT2D eigenvalue weighted by Crippen LogP contribution is -2.46. The van der Waals surface area contributed by atoms with Crippen LogP contribution in [0.25, 0.3) is 0 Å². The predicted octanol–water partition coefficient (Wildman–Crippen LogP) is 2.39. The minimum absolute atomic E-state index is 0.156. The molecule has 0 aromatic carbocycles. The van der Waals surface area contributed by atoms with E-state index < -0.39 is 10.8 Å². The van der Waals surface area contributed by atoms with E-state index in [0.29, 0.717) is 11.3 Å². The first-order chi connectivity index (χ1) is 8.49. The third-order valence-electron chi connectivity index (χ3n) is 3.90. The molecule has 1 aliphatic heterocycles. The van der Waals surface area contributed by atoms with E-state index in [2.05, 4.69) is 17.2 Å². The molecule has 104 valence electrons. The van der Waals surface area contributed by atoms with Crippen molar-refractivity contribution < 1.29 is 4.21 Å². The first-order valence-electron chi connectivity index (χ1n) is 6.78. The number of nitrogens with one attached hydrogen (secondary N) is 1. The van der Waals surface area contributed by atoms with Crippen LogP contribution < -0.4 is 5.32 Å². The van der Waals surface area contributed by atoms with Crippen LogP contribution in [0.5, 0.6) is 0 Å². The molecule has 1 spiro atoms. The van der Waals surface area contributed by atoms with Crippen LogP contribution in [0.15, 0.2) is 4.99 Å². The van der Waals surface area contributed by atoms with Crippen molar-refractivity contribution in [2.24, 2.45) is 10.9 Å². The topological polar surface area (TPSA) is 41.5 Å². The normalized spacial score (nSPS) is 37.7. The summed E-state index contributed by atoms with van der Waals surface area (Å²) in [6.07, 6.45) is 6.95. The van der Waals surface area contributed by atoms with E-state index in [1.165, 1.54) is 25.7 Å². The maximum atomic E-state index is 11.2. The average molecular weight is 288 g/mol. The maximum Gasteiger partial charge on any atom is 0.157 e. The van der Waals surface area contributed by atoms with Gasteiger partial charge in [-0.3, -0.25) is 9.20 Å². The zero-order chi connectivity index (χ0) is 13.2. The summed E-state index contributed by atoms with van der Waals surface area (Å²) in [5.74, 6) is 2.70. The highest BCUT2D eigenvalue weighted by molar-refractivity contribution is 8.14. The van der Waals surface area contributed by atoms with Crippen molar-refractivity contribution in [3.8, 4) is 0 Å². The molecule has 1 saturated heterocycles. The number of hydrogen-bond donors (Lipinski definition) is 1. The molecule has 3 nitrogen and oxygen atoms in total. The standard InChI is InChI=1S/C13H24N2OS2/c1-10-4-6-13(7-5-10)9-17-12(15-13)14-11(2)8-18(3)16/h10-11H,4-9H2,1-3H3,(H,14,15). The quantitative estimate of drug-likeness (QED) is 0.867. The molecule has 1 aliphatic carbocycles. The second-order valence-corrected chi connectivity index (χ2v) is 8.34. The van der Waals surface area contributed by atoms with Gasteiger partial charge in [0.05, 0.1) is 6.04 Å². The zero-order valence-corrected chi connectivity index (χ0v) is 13.2. The van der Waals surface area contributed by atoms with E-state index >= 15 is 0 Å². The lowest BCUT2D eigenvalue weighted by Gasteiger charge is -2.35.